The summed E-state index contributed by atoms with van der Waals surface area (Å²) in [5, 5.41) is 0. The number of halogens is 3. The average Bonchev–Trinajstić information content (AvgIpc) is 0. The van der Waals surface area contributed by atoms with Crippen molar-refractivity contribution in [1.82, 2.24) is 0 Å². The topological polar surface area (TPSA) is 0 Å². The van der Waals surface area contributed by atoms with Crippen LogP contribution in [0.5, 0.6) is 0 Å². The summed E-state index contributed by atoms with van der Waals surface area (Å²) in [6, 6.07) is 0. The molecule has 0 aromatic heterocycles. The Morgan fingerprint density at radius 1 is 0.400 bits per heavy atom. The monoisotopic (exact) mass is 414 g/mol. The van der Waals surface area contributed by atoms with Gasteiger partial charge in [-0.1, -0.05) is 0 Å². The van der Waals surface area contributed by atoms with Gasteiger partial charge in [0.1, 0.15) is 0 Å². The van der Waals surface area contributed by atoms with Gasteiger partial charge in [-0.05, 0) is 0 Å². The second-order valence-electron chi connectivity index (χ2n) is 0. The van der Waals surface area contributed by atoms with Gasteiger partial charge in [0.25, 0.3) is 0 Å². The van der Waals surface area contributed by atoms with E-state index in [0.29, 0.717) is 0 Å². The fraction of sp³-hybridized carbons (Fsp3) is 0. The molecule has 0 atom stereocenters. The molecule has 0 saturated carbocycles. The molecule has 2 radical (unpaired) electrons. The van der Waals surface area contributed by atoms with Crippen molar-refractivity contribution < 1.29 is 98.8 Å². The molecule has 5 heteroatoms. The summed E-state index contributed by atoms with van der Waals surface area (Å²) in [6.07, 6.45) is 0. The molecular weight excluding hydrogens is 410 g/mol. The second kappa shape index (κ2) is 24.4. The summed E-state index contributed by atoms with van der Waals surface area (Å²) in [5.74, 6) is 0. The third kappa shape index (κ3) is 18.0. The molecule has 0 amide bonds. The first-order valence-corrected chi connectivity index (χ1v) is 0. The zero-order chi connectivity index (χ0) is 0. The molecule has 0 aromatic carbocycles. The molecule has 0 aromatic rings. The van der Waals surface area contributed by atoms with Crippen LogP contribution in [0.4, 0.5) is 0 Å². The number of rotatable bonds is 0. The predicted molar refractivity (Wildman–Crippen MR) is 21.7 cm³/mol. The molecule has 0 rings (SSSR count). The minimum atomic E-state index is 0. The molecule has 0 aliphatic heterocycles. The van der Waals surface area contributed by atoms with Crippen molar-refractivity contribution in [1.29, 1.82) is 0 Å². The Kier molecular flexibility index (Phi) is 175. The Balaban J connectivity index is 0. The minimum Gasteiger partial charge on any atom is -0.147 e. The van der Waals surface area contributed by atoms with E-state index in [0.717, 1.165) is 0 Å². The van der Waals surface area contributed by atoms with Crippen LogP contribution < -0.4 is 0 Å². The second-order valence-corrected chi connectivity index (χ2v) is 0. The smallest absolute Gasteiger partial charge is 0 e. The molecule has 0 spiro atoms. The van der Waals surface area contributed by atoms with Crippen LogP contribution in [-0.4, -0.2) is 0 Å². The van der Waals surface area contributed by atoms with E-state index in [1.54, 1.807) is 0 Å². The zero-order valence-corrected chi connectivity index (χ0v) is 9.28. The van der Waals surface area contributed by atoms with Crippen molar-refractivity contribution in [2.45, 2.75) is 0 Å². The molecule has 38 valence electrons. The Morgan fingerprint density at radius 2 is 0.400 bits per heavy atom. The summed E-state index contributed by atoms with van der Waals surface area (Å²) in [6.45, 7) is 0. The number of hydrogen-bond donors (Lipinski definition) is 0. The van der Waals surface area contributed by atoms with Crippen LogP contribution in [0.1, 0.15) is 0 Å². The summed E-state index contributed by atoms with van der Waals surface area (Å²) in [4.78, 5) is 0. The maximum atomic E-state index is 0. The Labute approximate surface area is 132 Å². The maximum absolute atomic E-state index is 0. The van der Waals surface area contributed by atoms with Crippen LogP contribution >= 0.6 is 37.2 Å². The van der Waals surface area contributed by atoms with Crippen molar-refractivity contribution in [3.05, 3.63) is 0 Å². The van der Waals surface area contributed by atoms with Crippen LogP contribution in [0.15, 0.2) is 0 Å². The van der Waals surface area contributed by atoms with Gasteiger partial charge in [0, 0.05) is 98.8 Å². The summed E-state index contributed by atoms with van der Waals surface area (Å²) >= 11 is 0. The van der Waals surface area contributed by atoms with Gasteiger partial charge in [-0.2, -0.15) is 0 Å². The first-order valence-electron chi connectivity index (χ1n) is 0. The van der Waals surface area contributed by atoms with Gasteiger partial charge in [-0.15, -0.1) is 37.2 Å². The molecule has 0 aliphatic rings. The molecule has 0 fully saturated rings. The van der Waals surface area contributed by atoms with Gasteiger partial charge in [0.05, 0.1) is 0 Å². The van der Waals surface area contributed by atoms with Gasteiger partial charge >= 0.3 is 0 Å². The maximum Gasteiger partial charge on any atom is 0 e. The Morgan fingerprint density at radius 3 is 0.400 bits per heavy atom. The third-order valence-corrected chi connectivity index (χ3v) is 0. The molecule has 0 nitrogen and oxygen atoms in total. The zero-order valence-electron chi connectivity index (χ0n) is 1.98. The molecule has 0 N–H and O–H groups in total. The predicted octanol–water partition coefficient (Wildman–Crippen LogP) is 1.27. The molecule has 0 saturated heterocycles. The van der Waals surface area contributed by atoms with Crippen LogP contribution in [0.2, 0.25) is 0 Å². The fourth-order valence-corrected chi connectivity index (χ4v) is 0. The van der Waals surface area contributed by atoms with Crippen molar-refractivity contribution in [3.8, 4) is 0 Å². The Bertz CT molecular complexity index is 4.85. The fourth-order valence-electron chi connectivity index (χ4n) is 0. The van der Waals surface area contributed by atoms with Gasteiger partial charge in [0.2, 0.25) is 0 Å². The van der Waals surface area contributed by atoms with E-state index < -0.39 is 0 Å². The van der Waals surface area contributed by atoms with E-state index in [2.05, 4.69) is 0 Å². The first-order chi connectivity index (χ1) is 0. The van der Waals surface area contributed by atoms with E-state index in [1.807, 2.05) is 0 Å². The SMILES string of the molecule is Cl.Cl.Cl.[Eu].[Eu]. The quantitative estimate of drug-likeness (QED) is 0.561. The van der Waals surface area contributed by atoms with Crippen molar-refractivity contribution in [2.24, 2.45) is 0 Å². The van der Waals surface area contributed by atoms with Crippen LogP contribution in [0, 0.1) is 98.8 Å². The summed E-state index contributed by atoms with van der Waals surface area (Å²) in [7, 11) is 0. The molecule has 0 heterocycles. The van der Waals surface area contributed by atoms with Gasteiger partial charge in [-0.3, -0.25) is 0 Å². The summed E-state index contributed by atoms with van der Waals surface area (Å²) < 4.78 is 0. The van der Waals surface area contributed by atoms with Crippen molar-refractivity contribution in [3.63, 3.8) is 0 Å². The van der Waals surface area contributed by atoms with E-state index in [1.165, 1.54) is 0 Å². The van der Waals surface area contributed by atoms with E-state index >= 15 is 0 Å². The van der Waals surface area contributed by atoms with Crippen molar-refractivity contribution >= 4 is 37.2 Å². The summed E-state index contributed by atoms with van der Waals surface area (Å²) in [5.41, 5.74) is 0. The van der Waals surface area contributed by atoms with Crippen LogP contribution in [0.25, 0.3) is 0 Å². The largest absolute Gasteiger partial charge is 0.147 e. The van der Waals surface area contributed by atoms with Gasteiger partial charge in [-0.25, -0.2) is 0 Å². The van der Waals surface area contributed by atoms with Crippen molar-refractivity contribution in [2.75, 3.05) is 0 Å². The van der Waals surface area contributed by atoms with Crippen LogP contribution in [0.3, 0.4) is 0 Å². The average molecular weight is 413 g/mol. The van der Waals surface area contributed by atoms with E-state index in [4.69, 9.17) is 0 Å². The molecule has 0 aliphatic carbocycles. The van der Waals surface area contributed by atoms with Gasteiger partial charge in [0.15, 0.2) is 0 Å². The number of hydrogen-bond acceptors (Lipinski definition) is 0. The molecule has 0 bridgehead atoms. The first kappa shape index (κ1) is 35.8. The normalized spacial score (nSPS) is 0. The molecular formula is H3Cl3Eu2. The Hall–Kier alpha value is 4.04. The third-order valence-electron chi connectivity index (χ3n) is 0. The standard InChI is InChI=1S/3ClH.2Eu/h3*1H;;. The molecule has 5 heavy (non-hydrogen) atoms. The minimum absolute atomic E-state index is 0. The molecule has 0 unspecified atom stereocenters. The van der Waals surface area contributed by atoms with E-state index in [-0.39, 0.29) is 136 Å². The van der Waals surface area contributed by atoms with Crippen LogP contribution in [-0.2, 0) is 0 Å². The van der Waals surface area contributed by atoms with Gasteiger partial charge < -0.3 is 0 Å². The van der Waals surface area contributed by atoms with E-state index in [9.17, 15) is 0 Å².